The van der Waals surface area contributed by atoms with Crippen LogP contribution in [0.25, 0.3) is 0 Å². The van der Waals surface area contributed by atoms with Crippen LogP contribution in [-0.2, 0) is 0 Å². The zero-order valence-corrected chi connectivity index (χ0v) is 8.61. The second kappa shape index (κ2) is 4.19. The van der Waals surface area contributed by atoms with Crippen LogP contribution in [0.5, 0.6) is 11.5 Å². The molecule has 0 aliphatic heterocycles. The molecule has 76 valence electrons. The quantitative estimate of drug-likeness (QED) is 0.846. The lowest BCUT2D eigenvalue weighted by Gasteiger charge is -2.07. The van der Waals surface area contributed by atoms with Gasteiger partial charge in [0, 0.05) is 17.3 Å². The number of hydrogen-bond donors (Lipinski definition) is 1. The van der Waals surface area contributed by atoms with Gasteiger partial charge in [-0.1, -0.05) is 17.7 Å². The third-order valence-electron chi connectivity index (χ3n) is 1.83. The molecule has 2 N–H and O–H groups in total. The van der Waals surface area contributed by atoms with Crippen molar-refractivity contribution in [1.29, 1.82) is 0 Å². The van der Waals surface area contributed by atoms with Gasteiger partial charge in [-0.3, -0.25) is 4.98 Å². The average Bonchev–Trinajstić information content (AvgIpc) is 2.22. The van der Waals surface area contributed by atoms with Crippen LogP contribution in [0.15, 0.2) is 42.7 Å². The summed E-state index contributed by atoms with van der Waals surface area (Å²) in [6, 6.07) is 8.84. The van der Waals surface area contributed by atoms with Gasteiger partial charge >= 0.3 is 0 Å². The molecule has 0 fully saturated rings. The molecule has 15 heavy (non-hydrogen) atoms. The fraction of sp³-hybridized carbons (Fsp3) is 0. The first kappa shape index (κ1) is 9.80. The van der Waals surface area contributed by atoms with Crippen molar-refractivity contribution >= 4 is 17.3 Å². The van der Waals surface area contributed by atoms with E-state index < -0.39 is 0 Å². The standard InChI is InChI=1S/C11H9ClN2O/c12-8-2-1-3-9(6-8)15-11-4-5-14-7-10(11)13/h1-7H,13H2. The first-order chi connectivity index (χ1) is 7.25. The van der Waals surface area contributed by atoms with Crippen LogP contribution < -0.4 is 10.5 Å². The summed E-state index contributed by atoms with van der Waals surface area (Å²) in [5.74, 6) is 1.23. The average molecular weight is 221 g/mol. The van der Waals surface area contributed by atoms with Crippen LogP contribution in [0, 0.1) is 0 Å². The lowest BCUT2D eigenvalue weighted by atomic mass is 10.3. The first-order valence-corrected chi connectivity index (χ1v) is 4.76. The molecule has 1 heterocycles. The largest absolute Gasteiger partial charge is 0.455 e. The second-order valence-corrected chi connectivity index (χ2v) is 3.41. The van der Waals surface area contributed by atoms with E-state index in [0.717, 1.165) is 0 Å². The van der Waals surface area contributed by atoms with Crippen molar-refractivity contribution in [2.45, 2.75) is 0 Å². The molecule has 0 unspecified atom stereocenters. The van der Waals surface area contributed by atoms with E-state index in [-0.39, 0.29) is 0 Å². The number of benzene rings is 1. The monoisotopic (exact) mass is 220 g/mol. The smallest absolute Gasteiger partial charge is 0.153 e. The molecule has 0 spiro atoms. The Balaban J connectivity index is 2.26. The molecular weight excluding hydrogens is 212 g/mol. The maximum atomic E-state index is 5.83. The predicted octanol–water partition coefficient (Wildman–Crippen LogP) is 3.11. The van der Waals surface area contributed by atoms with Gasteiger partial charge in [0.1, 0.15) is 5.75 Å². The predicted molar refractivity (Wildman–Crippen MR) is 60.2 cm³/mol. The summed E-state index contributed by atoms with van der Waals surface area (Å²) in [6.07, 6.45) is 3.16. The van der Waals surface area contributed by atoms with E-state index in [9.17, 15) is 0 Å². The molecule has 3 nitrogen and oxygen atoms in total. The number of nitrogens with zero attached hydrogens (tertiary/aromatic N) is 1. The molecule has 1 aromatic carbocycles. The Kier molecular flexibility index (Phi) is 2.74. The van der Waals surface area contributed by atoms with E-state index in [2.05, 4.69) is 4.98 Å². The van der Waals surface area contributed by atoms with Gasteiger partial charge in [0.25, 0.3) is 0 Å². The normalized spacial score (nSPS) is 9.93. The Morgan fingerprint density at radius 1 is 1.27 bits per heavy atom. The number of rotatable bonds is 2. The summed E-state index contributed by atoms with van der Waals surface area (Å²) in [4.78, 5) is 3.87. The fourth-order valence-corrected chi connectivity index (χ4v) is 1.32. The fourth-order valence-electron chi connectivity index (χ4n) is 1.14. The molecular formula is C11H9ClN2O. The van der Waals surface area contributed by atoms with E-state index in [1.807, 2.05) is 12.1 Å². The lowest BCUT2D eigenvalue weighted by molar-refractivity contribution is 0.484. The zero-order chi connectivity index (χ0) is 10.7. The van der Waals surface area contributed by atoms with E-state index in [1.165, 1.54) is 0 Å². The van der Waals surface area contributed by atoms with Crippen LogP contribution in [0.1, 0.15) is 0 Å². The highest BCUT2D eigenvalue weighted by Gasteiger charge is 2.01. The molecule has 0 radical (unpaired) electrons. The van der Waals surface area contributed by atoms with Gasteiger partial charge in [0.2, 0.25) is 0 Å². The van der Waals surface area contributed by atoms with Crippen molar-refractivity contribution in [3.63, 3.8) is 0 Å². The van der Waals surface area contributed by atoms with Crippen LogP contribution >= 0.6 is 11.6 Å². The number of pyridine rings is 1. The van der Waals surface area contributed by atoms with E-state index in [0.29, 0.717) is 22.2 Å². The summed E-state index contributed by atoms with van der Waals surface area (Å²) in [6.45, 7) is 0. The second-order valence-electron chi connectivity index (χ2n) is 2.97. The molecule has 0 amide bonds. The van der Waals surface area contributed by atoms with Gasteiger partial charge in [0.15, 0.2) is 5.75 Å². The van der Waals surface area contributed by atoms with Crippen LogP contribution in [0.2, 0.25) is 5.02 Å². The summed E-state index contributed by atoms with van der Waals surface area (Å²) in [5, 5.41) is 0.625. The van der Waals surface area contributed by atoms with E-state index in [1.54, 1.807) is 30.6 Å². The molecule has 2 aromatic rings. The topological polar surface area (TPSA) is 48.1 Å². The summed E-state index contributed by atoms with van der Waals surface area (Å²) >= 11 is 5.83. The highest BCUT2D eigenvalue weighted by molar-refractivity contribution is 6.30. The Morgan fingerprint density at radius 2 is 2.13 bits per heavy atom. The van der Waals surface area contributed by atoms with Crippen LogP contribution in [0.3, 0.4) is 0 Å². The summed E-state index contributed by atoms with van der Waals surface area (Å²) in [7, 11) is 0. The molecule has 0 saturated heterocycles. The first-order valence-electron chi connectivity index (χ1n) is 4.38. The number of aromatic nitrogens is 1. The lowest BCUT2D eigenvalue weighted by Crippen LogP contribution is -1.92. The van der Waals surface area contributed by atoms with Gasteiger partial charge in [-0.15, -0.1) is 0 Å². The third kappa shape index (κ3) is 2.39. The Bertz CT molecular complexity index is 474. The van der Waals surface area contributed by atoms with Crippen molar-refractivity contribution in [2.75, 3.05) is 5.73 Å². The van der Waals surface area contributed by atoms with Crippen molar-refractivity contribution in [3.05, 3.63) is 47.7 Å². The van der Waals surface area contributed by atoms with Gasteiger partial charge in [0.05, 0.1) is 11.9 Å². The van der Waals surface area contributed by atoms with Crippen molar-refractivity contribution < 1.29 is 4.74 Å². The maximum absolute atomic E-state index is 5.83. The highest BCUT2D eigenvalue weighted by atomic mass is 35.5. The highest BCUT2D eigenvalue weighted by Crippen LogP contribution is 2.27. The number of hydrogen-bond acceptors (Lipinski definition) is 3. The SMILES string of the molecule is Nc1cnccc1Oc1cccc(Cl)c1. The number of ether oxygens (including phenoxy) is 1. The number of nitrogens with two attached hydrogens (primary N) is 1. The minimum absolute atomic E-state index is 0.498. The minimum Gasteiger partial charge on any atom is -0.455 e. The molecule has 4 heteroatoms. The molecule has 2 rings (SSSR count). The van der Waals surface area contributed by atoms with Crippen molar-refractivity contribution in [2.24, 2.45) is 0 Å². The van der Waals surface area contributed by atoms with Crippen LogP contribution in [0.4, 0.5) is 5.69 Å². The third-order valence-corrected chi connectivity index (χ3v) is 2.07. The van der Waals surface area contributed by atoms with E-state index in [4.69, 9.17) is 22.1 Å². The van der Waals surface area contributed by atoms with E-state index >= 15 is 0 Å². The summed E-state index contributed by atoms with van der Waals surface area (Å²) < 4.78 is 5.54. The zero-order valence-electron chi connectivity index (χ0n) is 7.85. The number of nitrogen functional groups attached to an aromatic ring is 1. The van der Waals surface area contributed by atoms with Gasteiger partial charge in [-0.05, 0) is 18.2 Å². The maximum Gasteiger partial charge on any atom is 0.153 e. The molecule has 0 atom stereocenters. The summed E-state index contributed by atoms with van der Waals surface area (Å²) in [5.41, 5.74) is 6.18. The number of halogens is 1. The molecule has 0 saturated carbocycles. The number of anilines is 1. The molecule has 0 aliphatic carbocycles. The Labute approximate surface area is 92.5 Å². The Morgan fingerprint density at radius 3 is 2.87 bits per heavy atom. The molecule has 1 aromatic heterocycles. The minimum atomic E-state index is 0.498. The van der Waals surface area contributed by atoms with Crippen molar-refractivity contribution in [1.82, 2.24) is 4.98 Å². The van der Waals surface area contributed by atoms with Gasteiger partial charge in [-0.25, -0.2) is 0 Å². The molecule has 0 aliphatic rings. The van der Waals surface area contributed by atoms with Gasteiger partial charge < -0.3 is 10.5 Å². The van der Waals surface area contributed by atoms with Gasteiger partial charge in [-0.2, -0.15) is 0 Å². The molecule has 0 bridgehead atoms. The van der Waals surface area contributed by atoms with Crippen molar-refractivity contribution in [3.8, 4) is 11.5 Å². The Hall–Kier alpha value is -1.74. The van der Waals surface area contributed by atoms with Crippen LogP contribution in [-0.4, -0.2) is 4.98 Å².